The smallest absolute Gasteiger partial charge is 0.416 e. The maximum atomic E-state index is 13.1. The monoisotopic (exact) mass is 491 g/mol. The van der Waals surface area contributed by atoms with E-state index in [9.17, 15) is 18.0 Å². The Morgan fingerprint density at radius 1 is 1.12 bits per heavy atom. The van der Waals surface area contributed by atoms with Gasteiger partial charge in [-0.1, -0.05) is 41.9 Å². The van der Waals surface area contributed by atoms with Gasteiger partial charge >= 0.3 is 12.1 Å². The molecule has 0 bridgehead atoms. The number of fused-ring (bicyclic) bond motifs is 1. The van der Waals surface area contributed by atoms with Crippen molar-refractivity contribution >= 4 is 35.0 Å². The van der Waals surface area contributed by atoms with Crippen LogP contribution in [-0.2, 0) is 10.9 Å². The molecule has 0 radical (unpaired) electrons. The minimum Gasteiger partial charge on any atom is -0.462 e. The molecule has 2 aromatic heterocycles. The van der Waals surface area contributed by atoms with Gasteiger partial charge in [0.2, 0.25) is 0 Å². The largest absolute Gasteiger partial charge is 0.462 e. The van der Waals surface area contributed by atoms with Crippen molar-refractivity contribution in [2.45, 2.75) is 18.1 Å². The molecule has 0 N–H and O–H groups in total. The van der Waals surface area contributed by atoms with Gasteiger partial charge in [-0.05, 0) is 31.4 Å². The van der Waals surface area contributed by atoms with E-state index in [1.165, 1.54) is 34.6 Å². The Morgan fingerprint density at radius 2 is 1.82 bits per heavy atom. The molecular formula is C23H17ClF3N3O2S. The Kier molecular flexibility index (Phi) is 6.36. The molecule has 0 fully saturated rings. The van der Waals surface area contributed by atoms with Gasteiger partial charge in [0.15, 0.2) is 5.65 Å². The lowest BCUT2D eigenvalue weighted by atomic mass is 9.99. The third kappa shape index (κ3) is 4.30. The molecule has 5 nitrogen and oxygen atoms in total. The average Bonchev–Trinajstić information content (AvgIpc) is 3.17. The number of halogens is 4. The van der Waals surface area contributed by atoms with Gasteiger partial charge in [0.05, 0.1) is 17.9 Å². The number of nitrogens with zero attached hydrogens (tertiary/aromatic N) is 3. The van der Waals surface area contributed by atoms with Crippen LogP contribution in [0.5, 0.6) is 0 Å². The van der Waals surface area contributed by atoms with Crippen molar-refractivity contribution in [1.29, 1.82) is 0 Å². The normalized spacial score (nSPS) is 11.7. The van der Waals surface area contributed by atoms with Crippen LogP contribution in [0.1, 0.15) is 22.8 Å². The highest BCUT2D eigenvalue weighted by atomic mass is 35.5. The third-order valence-corrected chi connectivity index (χ3v) is 5.94. The maximum Gasteiger partial charge on any atom is 0.416 e. The standard InChI is InChI=1S/C23H17ClF3N3O2S/c1-3-32-22(31)18-20-28-12-16(15-6-4-5-7-17(15)24)19(30(20)29-21(18)33-2)13-8-10-14(11-9-13)23(25,26)27/h4-12H,3H2,1-2H3. The summed E-state index contributed by atoms with van der Waals surface area (Å²) in [6, 6.07) is 11.8. The number of alkyl halides is 3. The highest BCUT2D eigenvalue weighted by Gasteiger charge is 2.31. The van der Waals surface area contributed by atoms with Crippen molar-refractivity contribution in [3.8, 4) is 22.4 Å². The van der Waals surface area contributed by atoms with Crippen molar-refractivity contribution in [3.63, 3.8) is 0 Å². The van der Waals surface area contributed by atoms with Crippen LogP contribution in [0.3, 0.4) is 0 Å². The van der Waals surface area contributed by atoms with Gasteiger partial charge in [-0.2, -0.15) is 18.3 Å². The van der Waals surface area contributed by atoms with E-state index in [0.717, 1.165) is 12.1 Å². The number of thioether (sulfide) groups is 1. The van der Waals surface area contributed by atoms with Crippen molar-refractivity contribution in [3.05, 3.63) is 70.9 Å². The molecule has 0 aliphatic rings. The predicted octanol–water partition coefficient (Wildman–Crippen LogP) is 6.63. The highest BCUT2D eigenvalue weighted by molar-refractivity contribution is 7.98. The average molecular weight is 492 g/mol. The van der Waals surface area contributed by atoms with E-state index in [0.29, 0.717) is 32.4 Å². The number of hydrogen-bond donors (Lipinski definition) is 0. The Hall–Kier alpha value is -3.04. The van der Waals surface area contributed by atoms with Gasteiger partial charge in [-0.15, -0.1) is 11.8 Å². The SMILES string of the molecule is CCOC(=O)c1c(SC)nn2c(-c3ccc(C(F)(F)F)cc3)c(-c3ccccc3Cl)cnc12. The summed E-state index contributed by atoms with van der Waals surface area (Å²) in [4.78, 5) is 17.1. The number of carbonyl (C=O) groups is 1. The van der Waals surface area contributed by atoms with Crippen LogP contribution in [0.4, 0.5) is 13.2 Å². The van der Waals surface area contributed by atoms with Crippen molar-refractivity contribution in [2.75, 3.05) is 12.9 Å². The third-order valence-electron chi connectivity index (χ3n) is 4.93. The summed E-state index contributed by atoms with van der Waals surface area (Å²) in [5, 5.41) is 5.38. The molecule has 0 spiro atoms. The van der Waals surface area contributed by atoms with Crippen LogP contribution in [0.2, 0.25) is 5.02 Å². The molecule has 0 saturated heterocycles. The number of rotatable bonds is 5. The zero-order valence-corrected chi connectivity index (χ0v) is 19.1. The fraction of sp³-hybridized carbons (Fsp3) is 0.174. The first-order chi connectivity index (χ1) is 15.8. The molecule has 0 amide bonds. The number of ether oxygens (including phenoxy) is 1. The van der Waals surface area contributed by atoms with E-state index in [1.807, 2.05) is 0 Å². The highest BCUT2D eigenvalue weighted by Crippen LogP contribution is 2.38. The number of esters is 1. The Balaban J connectivity index is 2.05. The first kappa shape index (κ1) is 23.1. The van der Waals surface area contributed by atoms with E-state index < -0.39 is 17.7 Å². The van der Waals surface area contributed by atoms with Crippen LogP contribution in [0.15, 0.2) is 59.8 Å². The Labute approximate surface area is 196 Å². The summed E-state index contributed by atoms with van der Waals surface area (Å²) in [6.45, 7) is 1.87. The minimum absolute atomic E-state index is 0.174. The van der Waals surface area contributed by atoms with E-state index in [2.05, 4.69) is 10.1 Å². The van der Waals surface area contributed by atoms with Crippen LogP contribution in [0, 0.1) is 0 Å². The van der Waals surface area contributed by atoms with E-state index in [-0.39, 0.29) is 17.8 Å². The maximum absolute atomic E-state index is 13.1. The van der Waals surface area contributed by atoms with Crippen LogP contribution < -0.4 is 0 Å². The van der Waals surface area contributed by atoms with Gasteiger partial charge in [-0.25, -0.2) is 14.3 Å². The summed E-state index contributed by atoms with van der Waals surface area (Å²) >= 11 is 7.67. The number of carbonyl (C=O) groups excluding carboxylic acids is 1. The first-order valence-electron chi connectivity index (χ1n) is 9.81. The zero-order chi connectivity index (χ0) is 23.8. The van der Waals surface area contributed by atoms with E-state index in [1.54, 1.807) is 37.4 Å². The van der Waals surface area contributed by atoms with Gasteiger partial charge < -0.3 is 4.74 Å². The summed E-state index contributed by atoms with van der Waals surface area (Å²) in [5.74, 6) is -0.576. The summed E-state index contributed by atoms with van der Waals surface area (Å²) < 4.78 is 46.0. The number of benzene rings is 2. The second-order valence-corrected chi connectivity index (χ2v) is 8.12. The summed E-state index contributed by atoms with van der Waals surface area (Å²) in [5.41, 5.74) is 1.75. The molecule has 170 valence electrons. The molecule has 0 unspecified atom stereocenters. The Morgan fingerprint density at radius 3 is 2.42 bits per heavy atom. The molecule has 0 aliphatic heterocycles. The second-order valence-electron chi connectivity index (χ2n) is 6.92. The molecule has 4 rings (SSSR count). The molecule has 33 heavy (non-hydrogen) atoms. The molecular weight excluding hydrogens is 475 g/mol. The molecule has 4 aromatic rings. The first-order valence-corrected chi connectivity index (χ1v) is 11.4. The lowest BCUT2D eigenvalue weighted by Gasteiger charge is -2.14. The van der Waals surface area contributed by atoms with Crippen molar-refractivity contribution < 1.29 is 22.7 Å². The topological polar surface area (TPSA) is 56.5 Å². The fourth-order valence-electron chi connectivity index (χ4n) is 3.46. The lowest BCUT2D eigenvalue weighted by Crippen LogP contribution is -2.07. The summed E-state index contributed by atoms with van der Waals surface area (Å²) in [7, 11) is 0. The van der Waals surface area contributed by atoms with E-state index in [4.69, 9.17) is 16.3 Å². The number of hydrogen-bond acceptors (Lipinski definition) is 5. The van der Waals surface area contributed by atoms with Crippen LogP contribution in [-0.4, -0.2) is 33.4 Å². The minimum atomic E-state index is -4.47. The van der Waals surface area contributed by atoms with E-state index >= 15 is 0 Å². The quantitative estimate of drug-likeness (QED) is 0.231. The summed E-state index contributed by atoms with van der Waals surface area (Å²) in [6.07, 6.45) is -1.16. The van der Waals surface area contributed by atoms with Gasteiger partial charge in [0, 0.05) is 27.9 Å². The lowest BCUT2D eigenvalue weighted by molar-refractivity contribution is -0.137. The molecule has 10 heteroatoms. The van der Waals surface area contributed by atoms with Crippen LogP contribution >= 0.6 is 23.4 Å². The van der Waals surface area contributed by atoms with Crippen molar-refractivity contribution in [2.24, 2.45) is 0 Å². The predicted molar refractivity (Wildman–Crippen MR) is 122 cm³/mol. The molecule has 0 atom stereocenters. The molecule has 2 aromatic carbocycles. The van der Waals surface area contributed by atoms with Gasteiger partial charge in [0.1, 0.15) is 10.6 Å². The fourth-order valence-corrected chi connectivity index (χ4v) is 4.24. The molecule has 0 aliphatic carbocycles. The second kappa shape index (κ2) is 9.07. The molecule has 0 saturated carbocycles. The number of aromatic nitrogens is 3. The Bertz CT molecular complexity index is 1340. The van der Waals surface area contributed by atoms with Gasteiger partial charge in [0.25, 0.3) is 0 Å². The molecule has 2 heterocycles. The van der Waals surface area contributed by atoms with Gasteiger partial charge in [-0.3, -0.25) is 0 Å². The van der Waals surface area contributed by atoms with Crippen LogP contribution in [0.25, 0.3) is 28.0 Å². The zero-order valence-electron chi connectivity index (χ0n) is 17.5. The van der Waals surface area contributed by atoms with Crippen molar-refractivity contribution in [1.82, 2.24) is 14.6 Å².